The van der Waals surface area contributed by atoms with Crippen LogP contribution in [0.25, 0.3) is 0 Å². The van der Waals surface area contributed by atoms with E-state index in [1.54, 1.807) is 37.3 Å². The number of hydrogen-bond donors (Lipinski definition) is 2. The van der Waals surface area contributed by atoms with Crippen LogP contribution in [0.2, 0.25) is 0 Å². The Labute approximate surface area is 197 Å². The smallest absolute Gasteiger partial charge is 0.270 e. The molecule has 176 valence electrons. The molecule has 2 N–H and O–H groups in total. The number of aryl methyl sites for hydroxylation is 1. The van der Waals surface area contributed by atoms with Crippen LogP contribution >= 0.6 is 11.3 Å². The maximum atomic E-state index is 12.8. The zero-order valence-electron chi connectivity index (χ0n) is 18.8. The first-order chi connectivity index (χ1) is 15.7. The second kappa shape index (κ2) is 10.7. The van der Waals surface area contributed by atoms with E-state index in [0.29, 0.717) is 35.8 Å². The highest BCUT2D eigenvalue weighted by Gasteiger charge is 2.24. The molecule has 33 heavy (non-hydrogen) atoms. The third kappa shape index (κ3) is 6.06. The van der Waals surface area contributed by atoms with Crippen molar-refractivity contribution in [3.05, 3.63) is 59.2 Å². The summed E-state index contributed by atoms with van der Waals surface area (Å²) in [4.78, 5) is 12.5. The van der Waals surface area contributed by atoms with Crippen molar-refractivity contribution < 1.29 is 22.7 Å². The van der Waals surface area contributed by atoms with E-state index in [1.807, 2.05) is 32.9 Å². The van der Waals surface area contributed by atoms with E-state index in [4.69, 9.17) is 9.47 Å². The van der Waals surface area contributed by atoms with Gasteiger partial charge in [0.05, 0.1) is 13.2 Å². The van der Waals surface area contributed by atoms with Crippen molar-refractivity contribution in [2.45, 2.75) is 38.1 Å². The van der Waals surface area contributed by atoms with Gasteiger partial charge in [0.1, 0.15) is 0 Å². The van der Waals surface area contributed by atoms with Crippen LogP contribution in [0.4, 0.5) is 5.13 Å². The quantitative estimate of drug-likeness (QED) is 0.413. The molecule has 1 heterocycles. The highest BCUT2D eigenvalue weighted by molar-refractivity contribution is 7.91. The molecule has 1 atom stereocenters. The molecule has 0 aliphatic rings. The van der Waals surface area contributed by atoms with E-state index < -0.39 is 16.1 Å². The Hall–Kier alpha value is -3.02. The Bertz CT molecular complexity index is 1230. The summed E-state index contributed by atoms with van der Waals surface area (Å²) in [7, 11) is -3.97. The second-order valence-electron chi connectivity index (χ2n) is 7.06. The number of sulfonamides is 1. The average molecular weight is 491 g/mol. The Morgan fingerprint density at radius 1 is 1.06 bits per heavy atom. The largest absolute Gasteiger partial charge is 0.490 e. The van der Waals surface area contributed by atoms with Gasteiger partial charge in [0.15, 0.2) is 11.5 Å². The van der Waals surface area contributed by atoms with Gasteiger partial charge in [-0.2, -0.15) is 0 Å². The molecule has 11 heteroatoms. The fraction of sp³-hybridized carbons (Fsp3) is 0.318. The van der Waals surface area contributed by atoms with Gasteiger partial charge in [-0.3, -0.25) is 10.1 Å². The number of carbonyl (C=O) groups excluding carboxylic acids is 1. The second-order valence-corrected chi connectivity index (χ2v) is 9.92. The molecule has 0 aliphatic carbocycles. The SMILES string of the molecule is CCOc1ccc(C(C)NS(=O)(=O)c2nnc(NC(=O)c3ccccc3C)s2)cc1OCC. The number of benzene rings is 2. The minimum atomic E-state index is -3.97. The molecular formula is C22H26N4O5S2. The molecule has 3 aromatic rings. The van der Waals surface area contributed by atoms with Gasteiger partial charge in [-0.05, 0) is 57.0 Å². The molecule has 0 fully saturated rings. The Morgan fingerprint density at radius 3 is 2.45 bits per heavy atom. The summed E-state index contributed by atoms with van der Waals surface area (Å²) >= 11 is 0.777. The number of nitrogens with zero attached hydrogens (tertiary/aromatic N) is 2. The molecule has 0 spiro atoms. The molecule has 0 bridgehead atoms. The zero-order chi connectivity index (χ0) is 24.0. The lowest BCUT2D eigenvalue weighted by molar-refractivity contribution is 0.102. The molecule has 2 aromatic carbocycles. The standard InChI is InChI=1S/C22H26N4O5S2/c1-5-30-18-12-11-16(13-19(18)31-6-2)15(4)26-33(28,29)22-25-24-21(32-22)23-20(27)17-10-8-7-9-14(17)3/h7-13,15,26H,5-6H2,1-4H3,(H,23,24,27). The first-order valence-corrected chi connectivity index (χ1v) is 12.7. The Kier molecular flexibility index (Phi) is 8.01. The third-order valence-corrected chi connectivity index (χ3v) is 7.39. The number of ether oxygens (including phenoxy) is 2. The predicted molar refractivity (Wildman–Crippen MR) is 127 cm³/mol. The highest BCUT2D eigenvalue weighted by atomic mass is 32.2. The maximum Gasteiger partial charge on any atom is 0.270 e. The summed E-state index contributed by atoms with van der Waals surface area (Å²) in [6, 6.07) is 11.8. The van der Waals surface area contributed by atoms with E-state index in [2.05, 4.69) is 20.2 Å². The average Bonchev–Trinajstić information content (AvgIpc) is 3.25. The third-order valence-electron chi connectivity index (χ3n) is 4.65. The van der Waals surface area contributed by atoms with Gasteiger partial charge in [0, 0.05) is 11.6 Å². The lowest BCUT2D eigenvalue weighted by Crippen LogP contribution is -2.26. The van der Waals surface area contributed by atoms with Crippen molar-refractivity contribution in [1.82, 2.24) is 14.9 Å². The number of hydrogen-bond acceptors (Lipinski definition) is 8. The lowest BCUT2D eigenvalue weighted by atomic mass is 10.1. The fourth-order valence-electron chi connectivity index (χ4n) is 3.05. The Balaban J connectivity index is 1.73. The molecule has 0 aliphatic heterocycles. The number of aromatic nitrogens is 2. The normalized spacial score (nSPS) is 12.2. The zero-order valence-corrected chi connectivity index (χ0v) is 20.4. The minimum Gasteiger partial charge on any atom is -0.490 e. The number of amides is 1. The lowest BCUT2D eigenvalue weighted by Gasteiger charge is -2.16. The molecule has 3 rings (SSSR count). The van der Waals surface area contributed by atoms with Gasteiger partial charge in [-0.1, -0.05) is 35.6 Å². The van der Waals surface area contributed by atoms with Gasteiger partial charge in [0.2, 0.25) is 9.47 Å². The van der Waals surface area contributed by atoms with E-state index in [0.717, 1.165) is 16.9 Å². The number of rotatable bonds is 10. The monoisotopic (exact) mass is 490 g/mol. The summed E-state index contributed by atoms with van der Waals surface area (Å²) in [5.41, 5.74) is 1.97. The molecule has 1 amide bonds. The minimum absolute atomic E-state index is 0.0935. The molecule has 0 saturated heterocycles. The van der Waals surface area contributed by atoms with Crippen molar-refractivity contribution in [2.75, 3.05) is 18.5 Å². The van der Waals surface area contributed by atoms with Crippen molar-refractivity contribution in [3.63, 3.8) is 0 Å². The summed E-state index contributed by atoms with van der Waals surface area (Å²) in [6.07, 6.45) is 0. The van der Waals surface area contributed by atoms with Crippen LogP contribution in [-0.4, -0.2) is 37.7 Å². The van der Waals surface area contributed by atoms with Crippen LogP contribution in [0.1, 0.15) is 48.3 Å². The van der Waals surface area contributed by atoms with Crippen LogP contribution in [0.3, 0.4) is 0 Å². The highest BCUT2D eigenvalue weighted by Crippen LogP contribution is 2.31. The fourth-order valence-corrected chi connectivity index (χ4v) is 5.19. The van der Waals surface area contributed by atoms with Crippen LogP contribution in [0.5, 0.6) is 11.5 Å². The Morgan fingerprint density at radius 2 is 1.76 bits per heavy atom. The van der Waals surface area contributed by atoms with Gasteiger partial charge >= 0.3 is 0 Å². The van der Waals surface area contributed by atoms with Crippen molar-refractivity contribution in [2.24, 2.45) is 0 Å². The van der Waals surface area contributed by atoms with Crippen molar-refractivity contribution >= 4 is 32.4 Å². The van der Waals surface area contributed by atoms with Crippen molar-refractivity contribution in [1.29, 1.82) is 0 Å². The first-order valence-electron chi connectivity index (χ1n) is 10.4. The maximum absolute atomic E-state index is 12.8. The van der Waals surface area contributed by atoms with Gasteiger partial charge in [0.25, 0.3) is 15.9 Å². The number of anilines is 1. The molecule has 0 radical (unpaired) electrons. The van der Waals surface area contributed by atoms with Crippen LogP contribution in [0, 0.1) is 6.92 Å². The van der Waals surface area contributed by atoms with Gasteiger partial charge in [-0.25, -0.2) is 13.1 Å². The van der Waals surface area contributed by atoms with E-state index >= 15 is 0 Å². The van der Waals surface area contributed by atoms with E-state index in [-0.39, 0.29) is 15.4 Å². The van der Waals surface area contributed by atoms with Crippen LogP contribution in [-0.2, 0) is 10.0 Å². The summed E-state index contributed by atoms with van der Waals surface area (Å²) in [5.74, 6) is 0.753. The van der Waals surface area contributed by atoms with Gasteiger partial charge in [-0.15, -0.1) is 10.2 Å². The predicted octanol–water partition coefficient (Wildman–Crippen LogP) is 3.94. The van der Waals surface area contributed by atoms with Crippen molar-refractivity contribution in [3.8, 4) is 11.5 Å². The van der Waals surface area contributed by atoms with Gasteiger partial charge < -0.3 is 9.47 Å². The molecular weight excluding hydrogens is 464 g/mol. The van der Waals surface area contributed by atoms with E-state index in [1.165, 1.54) is 0 Å². The number of carbonyl (C=O) groups is 1. The summed E-state index contributed by atoms with van der Waals surface area (Å²) < 4.78 is 39.2. The first kappa shape index (κ1) is 24.6. The number of nitrogens with one attached hydrogen (secondary N) is 2. The molecule has 0 saturated carbocycles. The van der Waals surface area contributed by atoms with Crippen LogP contribution in [0.15, 0.2) is 46.8 Å². The van der Waals surface area contributed by atoms with Crippen LogP contribution < -0.4 is 19.5 Å². The topological polar surface area (TPSA) is 120 Å². The molecule has 1 unspecified atom stereocenters. The summed E-state index contributed by atoms with van der Waals surface area (Å²) in [6.45, 7) is 8.20. The summed E-state index contributed by atoms with van der Waals surface area (Å²) in [5, 5.41) is 10.2. The molecule has 9 nitrogen and oxygen atoms in total. The van der Waals surface area contributed by atoms with E-state index in [9.17, 15) is 13.2 Å². The molecule has 1 aromatic heterocycles.